The molecule has 3 nitrogen and oxygen atoms in total. The first-order valence-electron chi connectivity index (χ1n) is 5.34. The van der Waals surface area contributed by atoms with Gasteiger partial charge in [-0.1, -0.05) is 0 Å². The second-order valence-corrected chi connectivity index (χ2v) is 5.21. The van der Waals surface area contributed by atoms with Crippen LogP contribution in [0.4, 0.5) is 0 Å². The Labute approximate surface area is 97.4 Å². The van der Waals surface area contributed by atoms with Gasteiger partial charge in [0.15, 0.2) is 0 Å². The van der Waals surface area contributed by atoms with Crippen LogP contribution in [-0.2, 0) is 0 Å². The minimum Gasteiger partial charge on any atom is -0.366 e. The lowest BCUT2D eigenvalue weighted by atomic mass is 10.0. The van der Waals surface area contributed by atoms with Crippen LogP contribution in [0.15, 0.2) is 23.2 Å². The van der Waals surface area contributed by atoms with E-state index in [0.29, 0.717) is 11.6 Å². The molecule has 4 heteroatoms. The molecule has 82 valence electrons. The standard InChI is InChI=1S/C12H12N2OS/c13-12(15)7-1-2-10-8(5-7)9-6-16-4-3-11(9)14-10/h1-2,5,11H,3-4,6H2,(H2,13,15). The lowest BCUT2D eigenvalue weighted by molar-refractivity contribution is 0.1000. The number of nitrogens with zero attached hydrogens (tertiary/aromatic N) is 1. The maximum Gasteiger partial charge on any atom is 0.248 e. The quantitative estimate of drug-likeness (QED) is 0.745. The fourth-order valence-electron chi connectivity index (χ4n) is 2.27. The van der Waals surface area contributed by atoms with Crippen LogP contribution < -0.4 is 16.3 Å². The molecule has 1 aromatic rings. The summed E-state index contributed by atoms with van der Waals surface area (Å²) >= 11 is 1.94. The summed E-state index contributed by atoms with van der Waals surface area (Å²) in [5.41, 5.74) is 7.24. The van der Waals surface area contributed by atoms with E-state index >= 15 is 0 Å². The topological polar surface area (TPSA) is 55.5 Å². The van der Waals surface area contributed by atoms with Crippen LogP contribution in [0.25, 0.3) is 5.57 Å². The molecular formula is C12H12N2OS. The van der Waals surface area contributed by atoms with Gasteiger partial charge in [-0.2, -0.15) is 11.8 Å². The number of primary amides is 1. The van der Waals surface area contributed by atoms with Gasteiger partial charge < -0.3 is 5.73 Å². The average Bonchev–Trinajstić information content (AvgIpc) is 2.66. The summed E-state index contributed by atoms with van der Waals surface area (Å²) in [6, 6.07) is 5.91. The highest BCUT2D eigenvalue weighted by molar-refractivity contribution is 7.99. The molecule has 1 unspecified atom stereocenters. The molecule has 1 aromatic carbocycles. The molecule has 2 heterocycles. The van der Waals surface area contributed by atoms with Gasteiger partial charge in [0.05, 0.1) is 11.4 Å². The number of carbonyl (C=O) groups is 1. The molecule has 2 aliphatic rings. The Morgan fingerprint density at radius 3 is 3.19 bits per heavy atom. The molecule has 1 fully saturated rings. The highest BCUT2D eigenvalue weighted by atomic mass is 32.2. The summed E-state index contributed by atoms with van der Waals surface area (Å²) < 4.78 is 0. The minimum absolute atomic E-state index is 0.347. The monoisotopic (exact) mass is 232 g/mol. The molecule has 0 aromatic heterocycles. The van der Waals surface area contributed by atoms with Crippen molar-refractivity contribution < 1.29 is 4.79 Å². The molecule has 1 amide bonds. The van der Waals surface area contributed by atoms with Crippen LogP contribution in [0.1, 0.15) is 16.8 Å². The van der Waals surface area contributed by atoms with Gasteiger partial charge in [-0.15, -0.1) is 0 Å². The molecule has 1 atom stereocenters. The number of rotatable bonds is 1. The molecule has 0 saturated carbocycles. The maximum absolute atomic E-state index is 11.1. The van der Waals surface area contributed by atoms with Crippen molar-refractivity contribution in [3.05, 3.63) is 34.3 Å². The van der Waals surface area contributed by atoms with E-state index in [2.05, 4.69) is 4.99 Å². The van der Waals surface area contributed by atoms with Gasteiger partial charge in [0.1, 0.15) is 0 Å². The fraction of sp³-hybridized carbons (Fsp3) is 0.333. The van der Waals surface area contributed by atoms with Crippen molar-refractivity contribution in [3.8, 4) is 0 Å². The van der Waals surface area contributed by atoms with Crippen molar-refractivity contribution in [2.45, 2.75) is 12.5 Å². The molecule has 0 bridgehead atoms. The first-order valence-corrected chi connectivity index (χ1v) is 6.50. The summed E-state index contributed by atoms with van der Waals surface area (Å²) in [5, 5.41) is 2.15. The van der Waals surface area contributed by atoms with E-state index in [1.165, 1.54) is 11.3 Å². The Hall–Kier alpha value is -1.29. The number of hydrogen-bond donors (Lipinski definition) is 1. The average molecular weight is 232 g/mol. The SMILES string of the molecule is NC(=O)c1ccc2c(c1)=C1CSCCC1N=2. The number of carbonyl (C=O) groups excluding carboxylic acids is 1. The summed E-state index contributed by atoms with van der Waals surface area (Å²) in [5.74, 6) is 1.84. The second kappa shape index (κ2) is 3.63. The summed E-state index contributed by atoms with van der Waals surface area (Å²) in [6.45, 7) is 0. The third-order valence-corrected chi connectivity index (χ3v) is 4.16. The normalized spacial score (nSPS) is 22.2. The molecule has 2 N–H and O–H groups in total. The van der Waals surface area contributed by atoms with Crippen molar-refractivity contribution in [1.29, 1.82) is 0 Å². The van der Waals surface area contributed by atoms with E-state index in [1.54, 1.807) is 6.07 Å². The van der Waals surface area contributed by atoms with Crippen molar-refractivity contribution >= 4 is 23.2 Å². The zero-order valence-corrected chi connectivity index (χ0v) is 9.59. The van der Waals surface area contributed by atoms with Crippen molar-refractivity contribution in [1.82, 2.24) is 0 Å². The maximum atomic E-state index is 11.1. The molecule has 2 aliphatic heterocycles. The molecule has 0 spiro atoms. The van der Waals surface area contributed by atoms with Crippen LogP contribution in [0.5, 0.6) is 0 Å². The Bertz CT molecular complexity index is 579. The van der Waals surface area contributed by atoms with Crippen LogP contribution >= 0.6 is 11.8 Å². The lowest BCUT2D eigenvalue weighted by Crippen LogP contribution is -2.27. The van der Waals surface area contributed by atoms with Crippen molar-refractivity contribution in [3.63, 3.8) is 0 Å². The van der Waals surface area contributed by atoms with E-state index < -0.39 is 0 Å². The number of benzene rings is 1. The summed E-state index contributed by atoms with van der Waals surface area (Å²) in [7, 11) is 0. The number of hydrogen-bond acceptors (Lipinski definition) is 3. The zero-order chi connectivity index (χ0) is 11.1. The van der Waals surface area contributed by atoms with Gasteiger partial charge in [-0.05, 0) is 35.9 Å². The molecular weight excluding hydrogens is 220 g/mol. The Morgan fingerprint density at radius 1 is 1.50 bits per heavy atom. The fourth-order valence-corrected chi connectivity index (χ4v) is 3.38. The van der Waals surface area contributed by atoms with Crippen LogP contribution in [0, 0.1) is 0 Å². The van der Waals surface area contributed by atoms with Crippen LogP contribution in [0.2, 0.25) is 0 Å². The van der Waals surface area contributed by atoms with Crippen LogP contribution in [-0.4, -0.2) is 23.5 Å². The third-order valence-electron chi connectivity index (χ3n) is 3.12. The van der Waals surface area contributed by atoms with Crippen LogP contribution in [0.3, 0.4) is 0 Å². The molecule has 1 saturated heterocycles. The smallest absolute Gasteiger partial charge is 0.248 e. The Kier molecular flexibility index (Phi) is 2.24. The minimum atomic E-state index is -0.365. The van der Waals surface area contributed by atoms with E-state index in [0.717, 1.165) is 22.7 Å². The number of fused-ring (bicyclic) bond motifs is 2. The zero-order valence-electron chi connectivity index (χ0n) is 8.77. The molecule has 0 aliphatic carbocycles. The molecule has 0 radical (unpaired) electrons. The van der Waals surface area contributed by atoms with E-state index in [9.17, 15) is 4.79 Å². The van der Waals surface area contributed by atoms with E-state index in [-0.39, 0.29) is 5.91 Å². The summed E-state index contributed by atoms with van der Waals surface area (Å²) in [4.78, 5) is 15.8. The van der Waals surface area contributed by atoms with Gasteiger partial charge in [0.2, 0.25) is 5.91 Å². The van der Waals surface area contributed by atoms with E-state index in [4.69, 9.17) is 5.73 Å². The first-order chi connectivity index (χ1) is 7.75. The van der Waals surface area contributed by atoms with Crippen molar-refractivity contribution in [2.75, 3.05) is 11.5 Å². The first kappa shape index (κ1) is 9.90. The number of thioether (sulfide) groups is 1. The van der Waals surface area contributed by atoms with E-state index in [1.807, 2.05) is 23.9 Å². The van der Waals surface area contributed by atoms with Gasteiger partial charge in [0, 0.05) is 16.5 Å². The predicted octanol–water partition coefficient (Wildman–Crippen LogP) is 0.0749. The molecule has 16 heavy (non-hydrogen) atoms. The largest absolute Gasteiger partial charge is 0.366 e. The van der Waals surface area contributed by atoms with Crippen molar-refractivity contribution in [2.24, 2.45) is 10.7 Å². The van der Waals surface area contributed by atoms with Gasteiger partial charge in [0.25, 0.3) is 0 Å². The number of amides is 1. The van der Waals surface area contributed by atoms with Gasteiger partial charge in [-0.25, -0.2) is 0 Å². The van der Waals surface area contributed by atoms with Gasteiger partial charge in [-0.3, -0.25) is 9.79 Å². The lowest BCUT2D eigenvalue weighted by Gasteiger charge is -2.18. The number of nitrogens with two attached hydrogens (primary N) is 1. The molecule has 3 rings (SSSR count). The second-order valence-electron chi connectivity index (χ2n) is 4.11. The highest BCUT2D eigenvalue weighted by Gasteiger charge is 2.23. The Balaban J connectivity index is 2.23. The highest BCUT2D eigenvalue weighted by Crippen LogP contribution is 2.26. The third kappa shape index (κ3) is 1.45. The Morgan fingerprint density at radius 2 is 2.38 bits per heavy atom. The van der Waals surface area contributed by atoms with Gasteiger partial charge >= 0.3 is 0 Å². The predicted molar refractivity (Wildman–Crippen MR) is 64.9 cm³/mol. The summed E-state index contributed by atoms with van der Waals surface area (Å²) in [6.07, 6.45) is 1.11.